The van der Waals surface area contributed by atoms with Crippen LogP contribution in [0.2, 0.25) is 0 Å². The normalized spacial score (nSPS) is 15.5. The Bertz CT molecular complexity index is 1720. The number of nitrogens with zero attached hydrogens (tertiary/aromatic N) is 2. The third kappa shape index (κ3) is 4.67. The maximum Gasteiger partial charge on any atom is 0.338 e. The number of carbonyl (C=O) groups excluding carboxylic acids is 1. The van der Waals surface area contributed by atoms with Gasteiger partial charge >= 0.3 is 5.97 Å². The van der Waals surface area contributed by atoms with Gasteiger partial charge in [-0.05, 0) is 61.6 Å². The van der Waals surface area contributed by atoms with E-state index in [1.165, 1.54) is 11.3 Å². The molecule has 3 aromatic carbocycles. The van der Waals surface area contributed by atoms with E-state index in [1.807, 2.05) is 73.7 Å². The lowest BCUT2D eigenvalue weighted by Gasteiger charge is -2.24. The van der Waals surface area contributed by atoms with Crippen molar-refractivity contribution in [2.45, 2.75) is 26.8 Å². The minimum absolute atomic E-state index is 0.205. The molecule has 0 saturated carbocycles. The van der Waals surface area contributed by atoms with Gasteiger partial charge in [-0.25, -0.2) is 9.79 Å². The molecule has 0 N–H and O–H groups in total. The summed E-state index contributed by atoms with van der Waals surface area (Å²) in [4.78, 5) is 32.1. The molecule has 188 valence electrons. The molecule has 5 rings (SSSR count). The second-order valence-electron chi connectivity index (χ2n) is 8.49. The second kappa shape index (κ2) is 10.5. The van der Waals surface area contributed by atoms with Crippen LogP contribution < -0.4 is 19.6 Å². The number of esters is 1. The Hall–Kier alpha value is -3.49. The Morgan fingerprint density at radius 3 is 2.49 bits per heavy atom. The van der Waals surface area contributed by atoms with Crippen LogP contribution in [0.4, 0.5) is 0 Å². The molecule has 4 aromatic rings. The molecule has 0 unspecified atom stereocenters. The number of fused-ring (bicyclic) bond motifs is 2. The molecular weight excluding hydrogens is 552 g/mol. The SMILES string of the molecule is CCOC(=O)C1=C(C)N=c2s/c(=C\c3ccc(OCC)c4ccccc34)c(=O)n2[C@H]1c1ccc(Br)cc1. The lowest BCUT2D eigenvalue weighted by atomic mass is 9.96. The van der Waals surface area contributed by atoms with E-state index in [9.17, 15) is 9.59 Å². The third-order valence-electron chi connectivity index (χ3n) is 6.21. The summed E-state index contributed by atoms with van der Waals surface area (Å²) in [6.07, 6.45) is 1.89. The van der Waals surface area contributed by atoms with Crippen molar-refractivity contribution in [1.29, 1.82) is 0 Å². The van der Waals surface area contributed by atoms with Crippen LogP contribution >= 0.6 is 27.3 Å². The Morgan fingerprint density at radius 2 is 1.78 bits per heavy atom. The van der Waals surface area contributed by atoms with Crippen LogP contribution in [0, 0.1) is 0 Å². The van der Waals surface area contributed by atoms with Gasteiger partial charge in [-0.3, -0.25) is 9.36 Å². The molecule has 0 bridgehead atoms. The van der Waals surface area contributed by atoms with Crippen molar-refractivity contribution < 1.29 is 14.3 Å². The summed E-state index contributed by atoms with van der Waals surface area (Å²) in [5, 5.41) is 1.98. The first-order valence-electron chi connectivity index (χ1n) is 12.0. The summed E-state index contributed by atoms with van der Waals surface area (Å²) in [5.41, 5.74) is 2.43. The first-order valence-corrected chi connectivity index (χ1v) is 13.6. The predicted molar refractivity (Wildman–Crippen MR) is 150 cm³/mol. The summed E-state index contributed by atoms with van der Waals surface area (Å²) in [5.74, 6) is 0.338. The molecule has 2 heterocycles. The van der Waals surface area contributed by atoms with Crippen LogP contribution in [-0.2, 0) is 9.53 Å². The summed E-state index contributed by atoms with van der Waals surface area (Å²) >= 11 is 4.78. The Morgan fingerprint density at radius 1 is 1.05 bits per heavy atom. The minimum Gasteiger partial charge on any atom is -0.493 e. The summed E-state index contributed by atoms with van der Waals surface area (Å²) in [6.45, 7) is 6.31. The number of aromatic nitrogens is 1. The third-order valence-corrected chi connectivity index (χ3v) is 7.72. The van der Waals surface area contributed by atoms with Gasteiger partial charge in [0.05, 0.1) is 35.1 Å². The molecule has 1 aromatic heterocycles. The van der Waals surface area contributed by atoms with E-state index < -0.39 is 12.0 Å². The number of hydrogen-bond acceptors (Lipinski definition) is 6. The lowest BCUT2D eigenvalue weighted by Crippen LogP contribution is -2.39. The fraction of sp³-hybridized carbons (Fsp3) is 0.207. The molecule has 0 saturated heterocycles. The molecule has 1 atom stereocenters. The highest BCUT2D eigenvalue weighted by Gasteiger charge is 2.33. The molecular formula is C29H25BrN2O4S. The number of ether oxygens (including phenoxy) is 2. The van der Waals surface area contributed by atoms with Crippen molar-refractivity contribution in [2.75, 3.05) is 13.2 Å². The van der Waals surface area contributed by atoms with Gasteiger partial charge in [-0.15, -0.1) is 0 Å². The Labute approximate surface area is 226 Å². The van der Waals surface area contributed by atoms with Gasteiger partial charge < -0.3 is 9.47 Å². The first kappa shape index (κ1) is 25.2. The number of benzene rings is 3. The quantitative estimate of drug-likeness (QED) is 0.299. The van der Waals surface area contributed by atoms with E-state index >= 15 is 0 Å². The summed E-state index contributed by atoms with van der Waals surface area (Å²) < 4.78 is 14.2. The number of thiazole rings is 1. The van der Waals surface area contributed by atoms with Gasteiger partial charge in [0.25, 0.3) is 5.56 Å². The molecule has 0 amide bonds. The topological polar surface area (TPSA) is 69.9 Å². The van der Waals surface area contributed by atoms with Crippen molar-refractivity contribution in [2.24, 2.45) is 4.99 Å². The van der Waals surface area contributed by atoms with Crippen molar-refractivity contribution in [3.05, 3.63) is 107 Å². The molecule has 0 spiro atoms. The van der Waals surface area contributed by atoms with Gasteiger partial charge in [-0.2, -0.15) is 0 Å². The Kier molecular flexibility index (Phi) is 7.13. The maximum absolute atomic E-state index is 13.9. The molecule has 0 fully saturated rings. The minimum atomic E-state index is -0.636. The van der Waals surface area contributed by atoms with E-state index in [1.54, 1.807) is 18.4 Å². The zero-order valence-corrected chi connectivity index (χ0v) is 23.1. The smallest absolute Gasteiger partial charge is 0.338 e. The van der Waals surface area contributed by atoms with Crippen LogP contribution in [0.1, 0.15) is 37.9 Å². The van der Waals surface area contributed by atoms with Gasteiger partial charge in [-0.1, -0.05) is 69.7 Å². The average molecular weight is 578 g/mol. The number of carbonyl (C=O) groups is 1. The average Bonchev–Trinajstić information content (AvgIpc) is 3.19. The van der Waals surface area contributed by atoms with Gasteiger partial charge in [0.15, 0.2) is 4.80 Å². The van der Waals surface area contributed by atoms with Crippen molar-refractivity contribution >= 4 is 50.1 Å². The van der Waals surface area contributed by atoms with Crippen molar-refractivity contribution in [1.82, 2.24) is 4.57 Å². The highest BCUT2D eigenvalue weighted by atomic mass is 79.9. The monoisotopic (exact) mass is 576 g/mol. The highest BCUT2D eigenvalue weighted by Crippen LogP contribution is 2.32. The fourth-order valence-electron chi connectivity index (χ4n) is 4.60. The van der Waals surface area contributed by atoms with E-state index in [0.29, 0.717) is 27.2 Å². The van der Waals surface area contributed by atoms with E-state index in [4.69, 9.17) is 9.47 Å². The van der Waals surface area contributed by atoms with E-state index in [0.717, 1.165) is 32.1 Å². The number of halogens is 1. The predicted octanol–water partition coefficient (Wildman–Crippen LogP) is 5.11. The molecule has 1 aliphatic heterocycles. The van der Waals surface area contributed by atoms with Crippen LogP contribution in [0.5, 0.6) is 5.75 Å². The molecule has 0 aliphatic carbocycles. The number of hydrogen-bond donors (Lipinski definition) is 0. The second-order valence-corrected chi connectivity index (χ2v) is 10.4. The number of allylic oxidation sites excluding steroid dienone is 1. The standard InChI is InChI=1S/C29H25BrN2O4S/c1-4-35-23-15-12-19(21-8-6-7-9-22(21)23)16-24-27(33)32-26(18-10-13-20(30)14-11-18)25(28(34)36-5-2)17(3)31-29(32)37-24/h6-16,26H,4-5H2,1-3H3/b24-16-/t26-/m0/s1. The Balaban J connectivity index is 1.73. The lowest BCUT2D eigenvalue weighted by molar-refractivity contribution is -0.139. The van der Waals surface area contributed by atoms with Crippen molar-refractivity contribution in [3.63, 3.8) is 0 Å². The number of rotatable bonds is 6. The van der Waals surface area contributed by atoms with Crippen molar-refractivity contribution in [3.8, 4) is 5.75 Å². The van der Waals surface area contributed by atoms with E-state index in [2.05, 4.69) is 20.9 Å². The fourth-order valence-corrected chi connectivity index (χ4v) is 5.90. The van der Waals surface area contributed by atoms with Gasteiger partial charge in [0.2, 0.25) is 0 Å². The van der Waals surface area contributed by atoms with E-state index in [-0.39, 0.29) is 12.2 Å². The molecule has 1 aliphatic rings. The molecule has 8 heteroatoms. The first-order chi connectivity index (χ1) is 17.9. The molecule has 37 heavy (non-hydrogen) atoms. The van der Waals surface area contributed by atoms with Crippen LogP contribution in [-0.4, -0.2) is 23.8 Å². The van der Waals surface area contributed by atoms with Crippen LogP contribution in [0.15, 0.2) is 86.2 Å². The van der Waals surface area contributed by atoms with Crippen LogP contribution in [0.3, 0.4) is 0 Å². The zero-order chi connectivity index (χ0) is 26.1. The molecule has 0 radical (unpaired) electrons. The van der Waals surface area contributed by atoms with Gasteiger partial charge in [0, 0.05) is 9.86 Å². The maximum atomic E-state index is 13.9. The largest absolute Gasteiger partial charge is 0.493 e. The summed E-state index contributed by atoms with van der Waals surface area (Å²) in [6, 6.07) is 18.9. The molecule has 6 nitrogen and oxygen atoms in total. The van der Waals surface area contributed by atoms with Crippen LogP contribution in [0.25, 0.3) is 16.8 Å². The highest BCUT2D eigenvalue weighted by molar-refractivity contribution is 9.10. The van der Waals surface area contributed by atoms with Gasteiger partial charge in [0.1, 0.15) is 5.75 Å². The summed E-state index contributed by atoms with van der Waals surface area (Å²) in [7, 11) is 0. The zero-order valence-electron chi connectivity index (χ0n) is 20.7.